The quantitative estimate of drug-likeness (QED) is 0.0144. The number of hydrogen-bond acceptors (Lipinski definition) is 18. The van der Waals surface area contributed by atoms with Gasteiger partial charge in [0.1, 0.15) is 55.0 Å². The molecule has 2 aliphatic rings. The van der Waals surface area contributed by atoms with Gasteiger partial charge in [0.05, 0.1) is 45.2 Å². The number of methoxy groups -OCH3 is 2. The number of allylic oxidation sites excluding steroid dienone is 3. The third-order valence-corrected chi connectivity index (χ3v) is 19.6. The third kappa shape index (κ3) is 43.5. The average Bonchev–Trinajstić information content (AvgIpc) is 0.784. The van der Waals surface area contributed by atoms with Crippen molar-refractivity contribution in [2.24, 2.45) is 0 Å². The molecule has 100 heavy (non-hydrogen) atoms. The van der Waals surface area contributed by atoms with Crippen LogP contribution in [0.5, 0.6) is 0 Å². The number of hydrogen-bond donors (Lipinski definition) is 2. The lowest BCUT2D eigenvalue weighted by molar-refractivity contribution is -0.303. The van der Waals surface area contributed by atoms with Crippen molar-refractivity contribution in [2.45, 2.75) is 359 Å². The second-order valence-corrected chi connectivity index (χ2v) is 28.5. The molecule has 0 aromatic carbocycles. The molecule has 0 bridgehead atoms. The molecule has 21 heteroatoms. The molecule has 580 valence electrons. The molecular weight excluding hydrogens is 1300 g/mol. The summed E-state index contributed by atoms with van der Waals surface area (Å²) in [6.45, 7) is 21.0. The Morgan fingerprint density at radius 3 is 1.52 bits per heavy atom. The molecular formula is C79H141N2O18P. The number of phosphoric acid groups is 1. The second kappa shape index (κ2) is 62.6. The molecule has 0 aromatic heterocycles. The summed E-state index contributed by atoms with van der Waals surface area (Å²) < 4.78 is 96.9. The fourth-order valence-electron chi connectivity index (χ4n) is 12.5. The Morgan fingerprint density at radius 2 is 0.970 bits per heavy atom. The van der Waals surface area contributed by atoms with Crippen LogP contribution in [0.1, 0.15) is 291 Å². The summed E-state index contributed by atoms with van der Waals surface area (Å²) in [5, 5.41) is 6.22. The minimum atomic E-state index is -4.49. The monoisotopic (exact) mass is 1440 g/mol. The number of ketones is 1. The van der Waals surface area contributed by atoms with E-state index < -0.39 is 94.2 Å². The van der Waals surface area contributed by atoms with Crippen LogP contribution in [0.3, 0.4) is 0 Å². The number of rotatable bonds is 68. The van der Waals surface area contributed by atoms with Crippen molar-refractivity contribution in [1.29, 1.82) is 0 Å². The molecule has 2 saturated heterocycles. The van der Waals surface area contributed by atoms with Gasteiger partial charge in [-0.2, -0.15) is 0 Å². The topological polar surface area (TPSA) is 229 Å². The van der Waals surface area contributed by atoms with E-state index in [1.54, 1.807) is 20.1 Å². The van der Waals surface area contributed by atoms with Crippen molar-refractivity contribution in [3.63, 3.8) is 0 Å². The van der Waals surface area contributed by atoms with Crippen molar-refractivity contribution in [1.82, 2.24) is 10.6 Å². The highest BCUT2D eigenvalue weighted by Crippen LogP contribution is 2.52. The van der Waals surface area contributed by atoms with Gasteiger partial charge < -0.3 is 58.0 Å². The SMILES string of the molecule is C=CCOC(=O)O[C@@H]1C(COC2OC(COC)[C@@H](OP(=O)(OCC=C)OCC=C)C(OCCC(CCCCCCC)OC)[C@H]2NC(=O)CCCCCCCCC/C=C\CCCCCC)OC(O/C=C\C)[C@H](NC(=O)CC(=O)CCCCCCCCCCC)C1OCCCCCCCCCC. The molecule has 2 N–H and O–H groups in total. The zero-order valence-electron chi connectivity index (χ0n) is 63.5. The van der Waals surface area contributed by atoms with E-state index in [0.717, 1.165) is 141 Å². The van der Waals surface area contributed by atoms with Crippen molar-refractivity contribution < 1.29 is 84.7 Å². The summed E-state index contributed by atoms with van der Waals surface area (Å²) in [5.74, 6) is -1.10. The Hall–Kier alpha value is -3.79. The van der Waals surface area contributed by atoms with Gasteiger partial charge in [-0.05, 0) is 64.7 Å². The molecule has 0 aromatic rings. The van der Waals surface area contributed by atoms with Gasteiger partial charge in [0.15, 0.2) is 12.4 Å². The van der Waals surface area contributed by atoms with Crippen molar-refractivity contribution in [3.05, 3.63) is 62.5 Å². The van der Waals surface area contributed by atoms with Crippen molar-refractivity contribution >= 4 is 31.6 Å². The zero-order chi connectivity index (χ0) is 73.0. The Morgan fingerprint density at radius 1 is 0.500 bits per heavy atom. The normalized spacial score (nSPS) is 21.3. The first-order valence-electron chi connectivity index (χ1n) is 39.3. The smallest absolute Gasteiger partial charge is 0.471 e. The Labute approximate surface area is 606 Å². The number of amides is 2. The number of nitrogens with one attached hydrogen (secondary N) is 2. The second-order valence-electron chi connectivity index (χ2n) is 26.9. The highest BCUT2D eigenvalue weighted by atomic mass is 31.2. The Balaban J connectivity index is 2.74. The van der Waals surface area contributed by atoms with Gasteiger partial charge in [-0.3, -0.25) is 28.0 Å². The van der Waals surface area contributed by atoms with Crippen molar-refractivity contribution in [2.75, 3.05) is 60.5 Å². The van der Waals surface area contributed by atoms with Crippen LogP contribution < -0.4 is 10.6 Å². The minimum absolute atomic E-state index is 0.103. The molecule has 2 aliphatic heterocycles. The fraction of sp³-hybridized carbons (Fsp3) is 0.823. The van der Waals surface area contributed by atoms with Gasteiger partial charge in [0.25, 0.3) is 0 Å². The van der Waals surface area contributed by atoms with Crippen molar-refractivity contribution in [3.8, 4) is 0 Å². The number of unbranched alkanes of at least 4 members (excludes halogenated alkanes) is 30. The van der Waals surface area contributed by atoms with Crippen LogP contribution in [0.2, 0.25) is 0 Å². The maximum absolute atomic E-state index is 14.8. The van der Waals surface area contributed by atoms with Gasteiger partial charge in [-0.25, -0.2) is 9.36 Å². The van der Waals surface area contributed by atoms with Crippen LogP contribution >= 0.6 is 7.82 Å². The minimum Gasteiger partial charge on any atom is -0.471 e. The van der Waals surface area contributed by atoms with E-state index >= 15 is 0 Å². The summed E-state index contributed by atoms with van der Waals surface area (Å²) in [6, 6.07) is -2.33. The molecule has 20 nitrogen and oxygen atoms in total. The van der Waals surface area contributed by atoms with E-state index in [9.17, 15) is 23.7 Å². The molecule has 0 spiro atoms. The van der Waals surface area contributed by atoms with E-state index in [1.165, 1.54) is 102 Å². The third-order valence-electron chi connectivity index (χ3n) is 18.2. The molecule has 0 saturated carbocycles. The van der Waals surface area contributed by atoms with Crippen LogP contribution in [-0.4, -0.2) is 152 Å². The van der Waals surface area contributed by atoms with E-state index in [2.05, 4.69) is 70.2 Å². The lowest BCUT2D eigenvalue weighted by Gasteiger charge is -2.48. The number of carbonyl (C=O) groups is 4. The number of Topliss-reactive ketones (excluding diaryl/α,β-unsaturated/α-hetero) is 1. The predicted octanol–water partition coefficient (Wildman–Crippen LogP) is 18.8. The molecule has 0 radical (unpaired) electrons. The lowest BCUT2D eigenvalue weighted by atomic mass is 9.95. The van der Waals surface area contributed by atoms with Crippen LogP contribution in [0.25, 0.3) is 0 Å². The van der Waals surface area contributed by atoms with Gasteiger partial charge in [-0.15, -0.1) is 13.2 Å². The largest absolute Gasteiger partial charge is 0.509 e. The Kier molecular flexibility index (Phi) is 57.8. The van der Waals surface area contributed by atoms with Crippen LogP contribution in [0.15, 0.2) is 62.5 Å². The lowest BCUT2D eigenvalue weighted by Crippen LogP contribution is -2.68. The maximum atomic E-state index is 14.8. The summed E-state index contributed by atoms with van der Waals surface area (Å²) >= 11 is 0. The summed E-state index contributed by atoms with van der Waals surface area (Å²) in [5.41, 5.74) is 0. The summed E-state index contributed by atoms with van der Waals surface area (Å²) in [6.07, 6.45) is 39.6. The van der Waals surface area contributed by atoms with Crippen LogP contribution in [0, 0.1) is 0 Å². The predicted molar refractivity (Wildman–Crippen MR) is 398 cm³/mol. The van der Waals surface area contributed by atoms with E-state index in [4.69, 9.17) is 60.9 Å². The summed E-state index contributed by atoms with van der Waals surface area (Å²) in [7, 11) is -1.33. The molecule has 11 atom stereocenters. The summed E-state index contributed by atoms with van der Waals surface area (Å²) in [4.78, 5) is 56.2. The zero-order valence-corrected chi connectivity index (χ0v) is 64.4. The Bertz CT molecular complexity index is 2170. The number of phosphoric ester groups is 1. The standard InChI is InChI=1S/C79H141N2O18P/c1-11-19-23-27-30-33-34-35-36-37-38-40-42-46-50-54-69(83)80-72-76(90-61-55-66(88-10)53-49-44-26-22-14-4)74(99-100(86,94-58-17-7)95-59-18-8)67(63-87-9)96-78(72)93-64-68-73(98-79(85)92-57-16-6)75(89-60-51-47-43-32-29-25-21-13-3)71(77(97-68)91-56-15-5)81-70(84)62-65(82)52-48-45-41-39-31-28-24-20-12-2/h15-18,33-34,56,66-68,71-78H,6-8,11-14,19-32,35-55,57-64H2,1-5,9-10H3,(H,80,83)(H,81,84)/b34-33-,56-15-/t66?,67?,68?,71-,72-,73-,74-,75?,76?,77?,78?/m1/s1. The molecule has 2 heterocycles. The first-order valence-corrected chi connectivity index (χ1v) is 40.7. The first kappa shape index (κ1) is 92.3. The number of carbonyl (C=O) groups excluding carboxylic acids is 4. The van der Waals surface area contributed by atoms with Crippen LogP contribution in [0.4, 0.5) is 4.79 Å². The number of ether oxygens (including phenoxy) is 10. The molecule has 2 amide bonds. The molecule has 0 aliphatic carbocycles. The van der Waals surface area contributed by atoms with E-state index in [1.807, 2.05) is 0 Å². The van der Waals surface area contributed by atoms with Gasteiger partial charge >= 0.3 is 14.0 Å². The van der Waals surface area contributed by atoms with E-state index in [-0.39, 0.29) is 70.3 Å². The van der Waals surface area contributed by atoms with Crippen LogP contribution in [-0.2, 0) is 79.9 Å². The molecule has 7 unspecified atom stereocenters. The molecule has 2 fully saturated rings. The average molecular weight is 1440 g/mol. The highest BCUT2D eigenvalue weighted by molar-refractivity contribution is 7.48. The fourth-order valence-corrected chi connectivity index (χ4v) is 13.8. The van der Waals surface area contributed by atoms with Gasteiger partial charge in [-0.1, -0.05) is 251 Å². The van der Waals surface area contributed by atoms with Gasteiger partial charge in [0.2, 0.25) is 18.1 Å². The first-order chi connectivity index (χ1) is 48.8. The maximum Gasteiger partial charge on any atom is 0.509 e. The van der Waals surface area contributed by atoms with Gasteiger partial charge in [0, 0.05) is 40.3 Å². The van der Waals surface area contributed by atoms with E-state index in [0.29, 0.717) is 25.7 Å². The molecule has 2 rings (SSSR count). The highest BCUT2D eigenvalue weighted by Gasteiger charge is 2.54.